The second-order valence-electron chi connectivity index (χ2n) is 11.7. The van der Waals surface area contributed by atoms with Gasteiger partial charge in [0.1, 0.15) is 0 Å². The predicted molar refractivity (Wildman–Crippen MR) is 156 cm³/mol. The first-order chi connectivity index (χ1) is 18.5. The summed E-state index contributed by atoms with van der Waals surface area (Å²) in [5.41, 5.74) is 5.42. The van der Waals surface area contributed by atoms with Crippen LogP contribution in [0.2, 0.25) is 0 Å². The number of carbonyl (C=O) groups excluding carboxylic acids is 2. The number of carbonyl (C=O) groups is 2. The lowest BCUT2D eigenvalue weighted by molar-refractivity contribution is -0.919. The zero-order valence-electron chi connectivity index (χ0n) is 23.9. The van der Waals surface area contributed by atoms with Gasteiger partial charge in [-0.25, -0.2) is 0 Å². The summed E-state index contributed by atoms with van der Waals surface area (Å²) < 4.78 is -1.20. The molecule has 0 aliphatic carbocycles. The van der Waals surface area contributed by atoms with Gasteiger partial charge in [-0.1, -0.05) is 36.4 Å². The van der Waals surface area contributed by atoms with Gasteiger partial charge >= 0.3 is 0 Å². The van der Waals surface area contributed by atoms with Gasteiger partial charge in [-0.05, 0) is 75.6 Å². The predicted octanol–water partition coefficient (Wildman–Crippen LogP) is 5.62. The number of nitrogens with one attached hydrogen (secondary N) is 2. The molecule has 39 heavy (non-hydrogen) atoms. The molecule has 0 saturated carbocycles. The maximum Gasteiger partial charge on any atom is 0.283 e. The van der Waals surface area contributed by atoms with E-state index in [1.165, 1.54) is 0 Å². The molecule has 2 N–H and O–H groups in total. The van der Waals surface area contributed by atoms with Crippen molar-refractivity contribution in [3.63, 3.8) is 0 Å². The first kappa shape index (κ1) is 29.2. The monoisotopic (exact) mass is 536 g/mol. The highest BCUT2D eigenvalue weighted by Gasteiger charge is 2.41. The number of likely N-dealkylation sites (tertiary alicyclic amines) is 2. The number of nitrogens with zero attached hydrogens (tertiary/aromatic N) is 2. The molecule has 0 aromatic heterocycles. The SMILES string of the molecule is Cc1cccc(C)c1NC(=O)[C@@H]1CCCC[N@@+]1([O-])CCC[N@+]1([O-])CCCC[C@H]1C(=O)Nc1c(C)cccc1C. The second kappa shape index (κ2) is 12.2. The molecule has 2 fully saturated rings. The minimum atomic E-state index is -0.692. The number of hydrogen-bond acceptors (Lipinski definition) is 4. The van der Waals surface area contributed by atoms with Gasteiger partial charge < -0.3 is 30.3 Å². The minimum absolute atomic E-state index is 0.207. The van der Waals surface area contributed by atoms with Gasteiger partial charge in [0.15, 0.2) is 12.1 Å². The van der Waals surface area contributed by atoms with Gasteiger partial charge in [-0.3, -0.25) is 9.59 Å². The number of benzene rings is 2. The summed E-state index contributed by atoms with van der Waals surface area (Å²) in [5, 5.41) is 34.1. The molecular formula is C31H44N4O4. The quantitative estimate of drug-likeness (QED) is 0.337. The molecule has 4 atom stereocenters. The summed E-state index contributed by atoms with van der Waals surface area (Å²) in [6, 6.07) is 10.3. The molecule has 2 aliphatic heterocycles. The van der Waals surface area contributed by atoms with E-state index in [1.54, 1.807) is 0 Å². The van der Waals surface area contributed by atoms with E-state index in [4.69, 9.17) is 0 Å². The molecule has 8 heteroatoms. The number of para-hydroxylation sites is 2. The smallest absolute Gasteiger partial charge is 0.283 e. The van der Waals surface area contributed by atoms with E-state index in [0.717, 1.165) is 59.3 Å². The molecule has 0 unspecified atom stereocenters. The highest BCUT2D eigenvalue weighted by Crippen LogP contribution is 2.31. The van der Waals surface area contributed by atoms with E-state index < -0.39 is 21.4 Å². The first-order valence-corrected chi connectivity index (χ1v) is 14.4. The fourth-order valence-corrected chi connectivity index (χ4v) is 6.48. The Morgan fingerprint density at radius 2 is 1.05 bits per heavy atom. The average molecular weight is 537 g/mol. The van der Waals surface area contributed by atoms with Gasteiger partial charge in [0.05, 0.1) is 26.2 Å². The van der Waals surface area contributed by atoms with Crippen LogP contribution in [0, 0.1) is 38.1 Å². The third-order valence-electron chi connectivity index (χ3n) is 8.80. The second-order valence-corrected chi connectivity index (χ2v) is 11.7. The fraction of sp³-hybridized carbons (Fsp3) is 0.548. The lowest BCUT2D eigenvalue weighted by Gasteiger charge is -2.53. The molecule has 2 heterocycles. The van der Waals surface area contributed by atoms with Gasteiger partial charge in [0.2, 0.25) is 0 Å². The molecule has 2 aromatic carbocycles. The zero-order chi connectivity index (χ0) is 28.2. The van der Waals surface area contributed by atoms with Crippen molar-refractivity contribution >= 4 is 23.2 Å². The van der Waals surface area contributed by atoms with Crippen molar-refractivity contribution in [2.45, 2.75) is 84.7 Å². The standard InChI is InChI=1S/C31H44N4O4/c1-22-12-9-13-23(2)28(22)32-30(36)26-16-5-7-18-34(26,38)20-11-21-35(39)19-8-6-17-27(35)31(37)33-29-24(3)14-10-15-25(29)4/h9-10,12-15,26-27H,5-8,11,16-21H2,1-4H3,(H,32,36)(H,33,37)/t26-,27-,34+,35+/m0/s1. The average Bonchev–Trinajstić information content (AvgIpc) is 2.88. The van der Waals surface area contributed by atoms with Gasteiger partial charge in [0, 0.05) is 30.6 Å². The van der Waals surface area contributed by atoms with Crippen LogP contribution in [-0.4, -0.2) is 59.4 Å². The van der Waals surface area contributed by atoms with Crippen LogP contribution in [-0.2, 0) is 9.59 Å². The Balaban J connectivity index is 1.42. The number of piperidine rings is 2. The summed E-state index contributed by atoms with van der Waals surface area (Å²) in [6.45, 7) is 8.96. The Kier molecular flexibility index (Phi) is 9.11. The number of anilines is 2. The Morgan fingerprint density at radius 1 is 0.692 bits per heavy atom. The topological polar surface area (TPSA) is 104 Å². The van der Waals surface area contributed by atoms with E-state index >= 15 is 0 Å². The largest absolute Gasteiger partial charge is 0.632 e. The molecule has 0 radical (unpaired) electrons. The van der Waals surface area contributed by atoms with Crippen molar-refractivity contribution in [2.75, 3.05) is 36.8 Å². The maximum atomic E-state index is 14.0. The molecule has 212 valence electrons. The van der Waals surface area contributed by atoms with E-state index in [2.05, 4.69) is 10.6 Å². The van der Waals surface area contributed by atoms with Crippen LogP contribution in [0.15, 0.2) is 36.4 Å². The van der Waals surface area contributed by atoms with Crippen LogP contribution in [0.25, 0.3) is 0 Å². The van der Waals surface area contributed by atoms with Crippen molar-refractivity contribution in [1.29, 1.82) is 0 Å². The van der Waals surface area contributed by atoms with E-state index in [9.17, 15) is 20.0 Å². The molecule has 2 amide bonds. The molecule has 0 bridgehead atoms. The minimum Gasteiger partial charge on any atom is -0.632 e. The molecule has 2 saturated heterocycles. The summed E-state index contributed by atoms with van der Waals surface area (Å²) in [7, 11) is 0. The number of hydroxylamine groups is 6. The van der Waals surface area contributed by atoms with Crippen molar-refractivity contribution in [1.82, 2.24) is 0 Å². The van der Waals surface area contributed by atoms with Gasteiger partial charge in [0.25, 0.3) is 11.8 Å². The molecular weight excluding hydrogens is 492 g/mol. The highest BCUT2D eigenvalue weighted by molar-refractivity contribution is 5.96. The third kappa shape index (κ3) is 6.52. The summed E-state index contributed by atoms with van der Waals surface area (Å²) >= 11 is 0. The molecule has 2 aromatic rings. The summed E-state index contributed by atoms with van der Waals surface area (Å²) in [4.78, 5) is 26.7. The Bertz CT molecular complexity index is 1070. The fourth-order valence-electron chi connectivity index (χ4n) is 6.48. The number of aryl methyl sites for hydroxylation is 4. The lowest BCUT2D eigenvalue weighted by atomic mass is 9.98. The van der Waals surface area contributed by atoms with Gasteiger partial charge in [-0.2, -0.15) is 0 Å². The number of quaternary nitrogens is 2. The molecule has 0 spiro atoms. The van der Waals surface area contributed by atoms with E-state index in [1.807, 2.05) is 64.1 Å². The Hall–Kier alpha value is -2.78. The van der Waals surface area contributed by atoms with Crippen molar-refractivity contribution < 1.29 is 18.9 Å². The molecule has 8 nitrogen and oxygen atoms in total. The molecule has 4 rings (SSSR count). The number of hydrogen-bond donors (Lipinski definition) is 2. The normalized spacial score (nSPS) is 27.1. The van der Waals surface area contributed by atoms with E-state index in [0.29, 0.717) is 32.4 Å². The van der Waals surface area contributed by atoms with Crippen molar-refractivity contribution in [3.8, 4) is 0 Å². The van der Waals surface area contributed by atoms with E-state index in [-0.39, 0.29) is 24.9 Å². The van der Waals surface area contributed by atoms with Crippen molar-refractivity contribution in [3.05, 3.63) is 69.1 Å². The number of amides is 2. The van der Waals surface area contributed by atoms with Crippen LogP contribution >= 0.6 is 0 Å². The van der Waals surface area contributed by atoms with Crippen LogP contribution < -0.4 is 10.6 Å². The molecule has 2 aliphatic rings. The maximum absolute atomic E-state index is 14.0. The van der Waals surface area contributed by atoms with Crippen LogP contribution in [0.5, 0.6) is 0 Å². The first-order valence-electron chi connectivity index (χ1n) is 14.4. The number of rotatable bonds is 8. The van der Waals surface area contributed by atoms with Gasteiger partial charge in [-0.15, -0.1) is 0 Å². The third-order valence-corrected chi connectivity index (χ3v) is 8.80. The Morgan fingerprint density at radius 3 is 1.41 bits per heavy atom. The van der Waals surface area contributed by atoms with Crippen LogP contribution in [0.1, 0.15) is 67.2 Å². The van der Waals surface area contributed by atoms with Crippen LogP contribution in [0.4, 0.5) is 11.4 Å². The highest BCUT2D eigenvalue weighted by atomic mass is 16.6. The Labute approximate surface area is 232 Å². The van der Waals surface area contributed by atoms with Crippen molar-refractivity contribution in [2.24, 2.45) is 0 Å². The summed E-state index contributed by atoms with van der Waals surface area (Å²) in [5.74, 6) is -0.478. The lowest BCUT2D eigenvalue weighted by Crippen LogP contribution is -2.61. The van der Waals surface area contributed by atoms with Crippen LogP contribution in [0.3, 0.4) is 0 Å². The summed E-state index contributed by atoms with van der Waals surface area (Å²) in [6.07, 6.45) is 4.69. The zero-order valence-corrected chi connectivity index (χ0v) is 23.9.